The van der Waals surface area contributed by atoms with Crippen LogP contribution in [0.4, 0.5) is 11.6 Å². The van der Waals surface area contributed by atoms with E-state index in [4.69, 9.17) is 27.1 Å². The van der Waals surface area contributed by atoms with E-state index in [2.05, 4.69) is 26.0 Å². The van der Waals surface area contributed by atoms with Crippen molar-refractivity contribution < 1.29 is 4.74 Å². The standard InChI is InChI=1S/C26H25ClN8O/c1-2-36-20-8-21(25-22(9-28)26(29)32-35(25)15-20)17-4-6-24(31-11-17)33-13-18-7-19(14-33)34(18)12-16-3-5-23(27)30-10-16/h3-6,8,10-11,15,18-19H,2,7,12-14H2,1H3,(H2,29,32). The van der Waals surface area contributed by atoms with Gasteiger partial charge in [-0.3, -0.25) is 4.90 Å². The van der Waals surface area contributed by atoms with Crippen molar-refractivity contribution in [2.24, 2.45) is 0 Å². The summed E-state index contributed by atoms with van der Waals surface area (Å²) in [4.78, 5) is 13.9. The summed E-state index contributed by atoms with van der Waals surface area (Å²) >= 11 is 5.93. The molecule has 182 valence electrons. The number of hydrogen-bond acceptors (Lipinski definition) is 8. The fourth-order valence-corrected chi connectivity index (χ4v) is 5.44. The summed E-state index contributed by atoms with van der Waals surface area (Å²) in [6.07, 6.45) is 6.66. The second-order valence-electron chi connectivity index (χ2n) is 9.20. The zero-order chi connectivity index (χ0) is 24.8. The molecule has 9 nitrogen and oxygen atoms in total. The quantitative estimate of drug-likeness (QED) is 0.399. The first kappa shape index (κ1) is 22.6. The molecule has 10 heteroatoms. The van der Waals surface area contributed by atoms with E-state index in [0.717, 1.165) is 36.6 Å². The largest absolute Gasteiger partial charge is 0.492 e. The number of ether oxygens (including phenoxy) is 1. The van der Waals surface area contributed by atoms with Gasteiger partial charge in [-0.15, -0.1) is 5.10 Å². The van der Waals surface area contributed by atoms with Crippen molar-refractivity contribution in [1.82, 2.24) is 24.5 Å². The van der Waals surface area contributed by atoms with Crippen LogP contribution in [0.15, 0.2) is 48.9 Å². The first-order valence-electron chi connectivity index (χ1n) is 12.0. The maximum atomic E-state index is 9.67. The Kier molecular flexibility index (Phi) is 5.63. The monoisotopic (exact) mass is 500 g/mol. The van der Waals surface area contributed by atoms with Gasteiger partial charge in [0.05, 0.1) is 18.3 Å². The van der Waals surface area contributed by atoms with Crippen LogP contribution in [0.5, 0.6) is 5.75 Å². The third-order valence-corrected chi connectivity index (χ3v) is 7.26. The highest BCUT2D eigenvalue weighted by atomic mass is 35.5. The van der Waals surface area contributed by atoms with E-state index in [0.29, 0.717) is 40.7 Å². The average Bonchev–Trinajstić information content (AvgIpc) is 3.22. The molecule has 2 N–H and O–H groups in total. The van der Waals surface area contributed by atoms with Gasteiger partial charge >= 0.3 is 0 Å². The minimum absolute atomic E-state index is 0.198. The molecule has 0 radical (unpaired) electrons. The summed E-state index contributed by atoms with van der Waals surface area (Å²) in [6.45, 7) is 5.21. The van der Waals surface area contributed by atoms with E-state index in [1.807, 2.05) is 49.6 Å². The predicted octanol–water partition coefficient (Wildman–Crippen LogP) is 3.76. The molecule has 7 heterocycles. The van der Waals surface area contributed by atoms with Gasteiger partial charge in [-0.2, -0.15) is 5.26 Å². The molecule has 2 atom stereocenters. The lowest BCUT2D eigenvalue weighted by Gasteiger charge is -2.56. The highest BCUT2D eigenvalue weighted by molar-refractivity contribution is 6.29. The van der Waals surface area contributed by atoms with Gasteiger partial charge in [-0.1, -0.05) is 17.7 Å². The lowest BCUT2D eigenvalue weighted by atomic mass is 9.87. The molecule has 2 bridgehead atoms. The molecule has 4 aromatic rings. The number of nitrogen functional groups attached to an aromatic ring is 1. The van der Waals surface area contributed by atoms with Gasteiger partial charge in [-0.05, 0) is 43.2 Å². The predicted molar refractivity (Wildman–Crippen MR) is 138 cm³/mol. The Morgan fingerprint density at radius 3 is 2.67 bits per heavy atom. The minimum Gasteiger partial charge on any atom is -0.492 e. The molecule has 3 aliphatic heterocycles. The summed E-state index contributed by atoms with van der Waals surface area (Å²) < 4.78 is 7.34. The van der Waals surface area contributed by atoms with Crippen molar-refractivity contribution in [2.45, 2.75) is 32.0 Å². The fourth-order valence-electron chi connectivity index (χ4n) is 5.32. The van der Waals surface area contributed by atoms with Crippen molar-refractivity contribution >= 4 is 28.8 Å². The number of rotatable bonds is 6. The Hall–Kier alpha value is -3.87. The van der Waals surface area contributed by atoms with Crippen molar-refractivity contribution in [3.63, 3.8) is 0 Å². The molecule has 0 aromatic carbocycles. The molecule has 0 saturated carbocycles. The topological polar surface area (TPSA) is 109 Å². The number of nitrogens with zero attached hydrogens (tertiary/aromatic N) is 7. The third-order valence-electron chi connectivity index (χ3n) is 7.03. The number of anilines is 2. The Labute approximate surface area is 213 Å². The van der Waals surface area contributed by atoms with Crippen LogP contribution in [-0.2, 0) is 6.54 Å². The molecule has 36 heavy (non-hydrogen) atoms. The van der Waals surface area contributed by atoms with Crippen LogP contribution in [0.2, 0.25) is 5.15 Å². The van der Waals surface area contributed by atoms with E-state index in [-0.39, 0.29) is 5.82 Å². The van der Waals surface area contributed by atoms with Crippen molar-refractivity contribution in [3.05, 3.63) is 65.2 Å². The molecule has 4 aromatic heterocycles. The maximum Gasteiger partial charge on any atom is 0.164 e. The highest BCUT2D eigenvalue weighted by Gasteiger charge is 2.44. The summed E-state index contributed by atoms with van der Waals surface area (Å²) in [6, 6.07) is 13.1. The van der Waals surface area contributed by atoms with Gasteiger partial charge in [-0.25, -0.2) is 14.5 Å². The number of fused-ring (bicyclic) bond motifs is 3. The zero-order valence-corrected chi connectivity index (χ0v) is 20.6. The lowest BCUT2D eigenvalue weighted by molar-refractivity contribution is -0.00875. The normalized spacial score (nSPS) is 19.2. The van der Waals surface area contributed by atoms with Crippen LogP contribution in [0.3, 0.4) is 0 Å². The van der Waals surface area contributed by atoms with E-state index in [1.165, 1.54) is 12.0 Å². The molecular formula is C26H25ClN8O. The SMILES string of the molecule is CCOc1cc(-c2ccc(N3CC4CC(C3)N4Cc3ccc(Cl)nc3)nc2)c2c(C#N)c(N)nn2c1. The second-order valence-corrected chi connectivity index (χ2v) is 9.59. The first-order chi connectivity index (χ1) is 17.5. The molecule has 3 aliphatic rings. The number of piperidine rings is 1. The summed E-state index contributed by atoms with van der Waals surface area (Å²) in [5.41, 5.74) is 9.88. The number of aromatic nitrogens is 4. The third kappa shape index (κ3) is 3.88. The number of nitrogens with two attached hydrogens (primary N) is 1. The summed E-state index contributed by atoms with van der Waals surface area (Å²) in [5.74, 6) is 1.80. The number of hydrogen-bond donors (Lipinski definition) is 1. The second kappa shape index (κ2) is 8.97. The molecule has 2 unspecified atom stereocenters. The first-order valence-corrected chi connectivity index (χ1v) is 12.3. The van der Waals surface area contributed by atoms with Crippen LogP contribution < -0.4 is 15.4 Å². The summed E-state index contributed by atoms with van der Waals surface area (Å²) in [5, 5.41) is 14.5. The van der Waals surface area contributed by atoms with Crippen LogP contribution in [0.1, 0.15) is 24.5 Å². The molecular weight excluding hydrogens is 476 g/mol. The number of piperazine rings is 1. The van der Waals surface area contributed by atoms with E-state index in [9.17, 15) is 5.26 Å². The van der Waals surface area contributed by atoms with Crippen LogP contribution >= 0.6 is 11.6 Å². The Morgan fingerprint density at radius 2 is 2.00 bits per heavy atom. The number of pyridine rings is 3. The van der Waals surface area contributed by atoms with Gasteiger partial charge in [0.15, 0.2) is 5.82 Å². The maximum absolute atomic E-state index is 9.67. The Bertz CT molecular complexity index is 1450. The zero-order valence-electron chi connectivity index (χ0n) is 19.8. The highest BCUT2D eigenvalue weighted by Crippen LogP contribution is 2.37. The van der Waals surface area contributed by atoms with Gasteiger partial charge in [0.1, 0.15) is 28.4 Å². The van der Waals surface area contributed by atoms with Crippen molar-refractivity contribution in [2.75, 3.05) is 30.3 Å². The van der Waals surface area contributed by atoms with Crippen molar-refractivity contribution in [1.29, 1.82) is 5.26 Å². The fraction of sp³-hybridized carbons (Fsp3) is 0.308. The number of halogens is 1. The average molecular weight is 501 g/mol. The lowest BCUT2D eigenvalue weighted by Crippen LogP contribution is -2.68. The number of nitriles is 1. The molecule has 3 fully saturated rings. The van der Waals surface area contributed by atoms with Gasteiger partial charge in [0.2, 0.25) is 0 Å². The van der Waals surface area contributed by atoms with E-state index in [1.54, 1.807) is 10.7 Å². The molecule has 0 spiro atoms. The van der Waals surface area contributed by atoms with Crippen LogP contribution in [0, 0.1) is 11.3 Å². The van der Waals surface area contributed by atoms with E-state index < -0.39 is 0 Å². The Balaban J connectivity index is 1.23. The molecule has 3 saturated heterocycles. The van der Waals surface area contributed by atoms with Gasteiger partial charge < -0.3 is 15.4 Å². The van der Waals surface area contributed by atoms with Crippen LogP contribution in [-0.4, -0.2) is 56.3 Å². The van der Waals surface area contributed by atoms with Gasteiger partial charge in [0, 0.05) is 55.2 Å². The van der Waals surface area contributed by atoms with Crippen LogP contribution in [0.25, 0.3) is 16.6 Å². The molecule has 0 aliphatic carbocycles. The molecule has 0 amide bonds. The molecule has 7 rings (SSSR count). The summed E-state index contributed by atoms with van der Waals surface area (Å²) in [7, 11) is 0. The van der Waals surface area contributed by atoms with E-state index >= 15 is 0 Å². The van der Waals surface area contributed by atoms with Gasteiger partial charge in [0.25, 0.3) is 0 Å². The smallest absolute Gasteiger partial charge is 0.164 e. The minimum atomic E-state index is 0.198. The van der Waals surface area contributed by atoms with Crippen molar-refractivity contribution in [3.8, 4) is 22.9 Å². The Morgan fingerprint density at radius 1 is 1.17 bits per heavy atom.